The average molecular weight is 150 g/mol. The molecule has 0 heterocycles. The smallest absolute Gasteiger partial charge is 0.537 e. The average Bonchev–Trinajstić information content (AvgIpc) is 1.31. The zero-order valence-corrected chi connectivity index (χ0v) is 4.43. The lowest BCUT2D eigenvalue weighted by molar-refractivity contribution is 0.477. The van der Waals surface area contributed by atoms with Crippen LogP contribution in [0.3, 0.4) is 0 Å². The highest BCUT2D eigenvalue weighted by Crippen LogP contribution is 2.05. The summed E-state index contributed by atoms with van der Waals surface area (Å²) in [7, 11) is -9.31. The van der Waals surface area contributed by atoms with E-state index in [0.717, 1.165) is 0 Å². The standard InChI is InChI=1S/F2O3S2/c1-6(2)7(3,4)5. The van der Waals surface area contributed by atoms with Gasteiger partial charge < -0.3 is 4.55 Å². The van der Waals surface area contributed by atoms with Gasteiger partial charge in [-0.15, -0.1) is 0 Å². The third-order valence-electron chi connectivity index (χ3n) is 0.154. The summed E-state index contributed by atoms with van der Waals surface area (Å²) in [5.41, 5.74) is 0. The van der Waals surface area contributed by atoms with Gasteiger partial charge in [0.05, 0.1) is 7.77 Å². The van der Waals surface area contributed by atoms with Gasteiger partial charge in [-0.05, 0) is 0 Å². The van der Waals surface area contributed by atoms with Crippen molar-refractivity contribution in [3.05, 3.63) is 0 Å². The van der Waals surface area contributed by atoms with Crippen molar-refractivity contribution in [1.29, 1.82) is 0 Å². The summed E-state index contributed by atoms with van der Waals surface area (Å²) in [5.74, 6) is 0. The van der Waals surface area contributed by atoms with Crippen LogP contribution >= 0.6 is 0 Å². The van der Waals surface area contributed by atoms with Gasteiger partial charge >= 0.3 is 19.8 Å². The maximum Gasteiger partial charge on any atom is 0.537 e. The number of rotatable bonds is 1. The normalized spacial score (nSPS) is 12.6. The minimum absolute atomic E-state index is 4.02. The molecule has 0 bridgehead atoms. The molecule has 0 spiro atoms. The fourth-order valence-electron chi connectivity index (χ4n) is 0. The van der Waals surface area contributed by atoms with Crippen molar-refractivity contribution in [3.8, 4) is 0 Å². The molecule has 0 aliphatic rings. The van der Waals surface area contributed by atoms with Gasteiger partial charge in [-0.3, -0.25) is 0 Å². The van der Waals surface area contributed by atoms with Crippen LogP contribution in [-0.4, -0.2) is 13.0 Å². The summed E-state index contributed by atoms with van der Waals surface area (Å²) < 4.78 is 48.5. The fourth-order valence-corrected chi connectivity index (χ4v) is 0. The zero-order chi connectivity index (χ0) is 6.08. The second-order valence-electron chi connectivity index (χ2n) is 0.593. The quantitative estimate of drug-likeness (QED) is 0.296. The molecule has 0 fully saturated rings. The largest absolute Gasteiger partial charge is 0.701 e. The molecule has 3 nitrogen and oxygen atoms in total. The van der Waals surface area contributed by atoms with Gasteiger partial charge in [-0.1, -0.05) is 0 Å². The Labute approximate surface area is 41.4 Å². The fraction of sp³-hybridized carbons (Fsp3) is 0. The first-order valence-corrected chi connectivity index (χ1v) is 3.93. The van der Waals surface area contributed by atoms with Gasteiger partial charge in [0.2, 0.25) is 0 Å². The lowest BCUT2D eigenvalue weighted by atomic mass is 15.9. The molecule has 0 aromatic rings. The molecule has 0 rings (SSSR count). The first-order chi connectivity index (χ1) is 2.94. The molecule has 0 N–H and O–H groups in total. The molecule has 0 unspecified atom stereocenters. The molecule has 0 aromatic heterocycles. The predicted molar refractivity (Wildman–Crippen MR) is 19.3 cm³/mol. The van der Waals surface area contributed by atoms with E-state index in [0.29, 0.717) is 0 Å². The summed E-state index contributed by atoms with van der Waals surface area (Å²) in [6, 6.07) is 0. The summed E-state index contributed by atoms with van der Waals surface area (Å²) >= 11 is 0. The van der Waals surface area contributed by atoms with Crippen molar-refractivity contribution < 1.29 is 20.7 Å². The molecule has 0 aliphatic carbocycles. The van der Waals surface area contributed by atoms with Gasteiger partial charge in [-0.2, -0.15) is 8.42 Å². The van der Waals surface area contributed by atoms with E-state index < -0.39 is 19.8 Å². The van der Waals surface area contributed by atoms with Crippen LogP contribution in [0.15, 0.2) is 0 Å². The van der Waals surface area contributed by atoms with E-state index in [1.807, 2.05) is 0 Å². The summed E-state index contributed by atoms with van der Waals surface area (Å²) in [6.45, 7) is 0. The van der Waals surface area contributed by atoms with Crippen LogP contribution in [0.5, 0.6) is 0 Å². The van der Waals surface area contributed by atoms with Crippen LogP contribution < -0.4 is 0 Å². The molecular weight excluding hydrogens is 150 g/mol. The van der Waals surface area contributed by atoms with E-state index >= 15 is 0 Å². The Morgan fingerprint density at radius 2 is 1.57 bits per heavy atom. The molecule has 44 valence electrons. The van der Waals surface area contributed by atoms with Crippen LogP contribution in [0.4, 0.5) is 7.77 Å². The third kappa shape index (κ3) is 2.77. The Morgan fingerprint density at radius 3 is 1.57 bits per heavy atom. The SMILES string of the molecule is O=S(=O)([O-])[S+](F)F. The second-order valence-corrected chi connectivity index (χ2v) is 3.76. The monoisotopic (exact) mass is 150 g/mol. The third-order valence-corrected chi connectivity index (χ3v) is 1.39. The topological polar surface area (TPSA) is 57.2 Å². The summed E-state index contributed by atoms with van der Waals surface area (Å²) in [4.78, 5) is 0. The van der Waals surface area contributed by atoms with Crippen LogP contribution in [0, 0.1) is 0 Å². The molecule has 0 aliphatic heterocycles. The van der Waals surface area contributed by atoms with Gasteiger partial charge in [0.15, 0.2) is 0 Å². The maximum absolute atomic E-state index is 10.7. The Bertz CT molecular complexity index is 133. The van der Waals surface area contributed by atoms with Crippen molar-refractivity contribution >= 4 is 19.8 Å². The maximum atomic E-state index is 10.7. The van der Waals surface area contributed by atoms with Crippen molar-refractivity contribution in [2.24, 2.45) is 0 Å². The number of halogens is 2. The van der Waals surface area contributed by atoms with Gasteiger partial charge in [0.1, 0.15) is 0 Å². The Morgan fingerprint density at radius 1 is 1.43 bits per heavy atom. The second kappa shape index (κ2) is 1.93. The van der Waals surface area contributed by atoms with Crippen LogP contribution in [0.25, 0.3) is 0 Å². The van der Waals surface area contributed by atoms with Crippen LogP contribution in [0.1, 0.15) is 0 Å². The summed E-state index contributed by atoms with van der Waals surface area (Å²) in [6.07, 6.45) is 0. The van der Waals surface area contributed by atoms with Crippen molar-refractivity contribution in [3.63, 3.8) is 0 Å². The lowest BCUT2D eigenvalue weighted by Gasteiger charge is -1.85. The van der Waals surface area contributed by atoms with E-state index in [1.54, 1.807) is 0 Å². The van der Waals surface area contributed by atoms with Gasteiger partial charge in [0, 0.05) is 0 Å². The predicted octanol–water partition coefficient (Wildman–Crippen LogP) is -0.166. The molecule has 0 radical (unpaired) electrons. The van der Waals surface area contributed by atoms with E-state index in [9.17, 15) is 7.77 Å². The highest BCUT2D eigenvalue weighted by molar-refractivity contribution is 8.63. The minimum Gasteiger partial charge on any atom is -0.701 e. The van der Waals surface area contributed by atoms with Crippen molar-refractivity contribution in [1.82, 2.24) is 0 Å². The van der Waals surface area contributed by atoms with E-state index in [-0.39, 0.29) is 0 Å². The Balaban J connectivity index is 4.10. The van der Waals surface area contributed by atoms with Crippen molar-refractivity contribution in [2.45, 2.75) is 0 Å². The van der Waals surface area contributed by atoms with Crippen molar-refractivity contribution in [2.75, 3.05) is 0 Å². The first kappa shape index (κ1) is 7.12. The molecule has 0 amide bonds. The molecule has 0 atom stereocenters. The highest BCUT2D eigenvalue weighted by Gasteiger charge is 2.29. The first-order valence-electron chi connectivity index (χ1n) is 0.975. The molecule has 0 saturated carbocycles. The van der Waals surface area contributed by atoms with E-state index in [4.69, 9.17) is 13.0 Å². The molecule has 7 heteroatoms. The van der Waals surface area contributed by atoms with E-state index in [2.05, 4.69) is 0 Å². The van der Waals surface area contributed by atoms with Crippen LogP contribution in [0.2, 0.25) is 0 Å². The zero-order valence-electron chi connectivity index (χ0n) is 2.80. The van der Waals surface area contributed by atoms with E-state index in [1.165, 1.54) is 0 Å². The molecule has 0 aromatic carbocycles. The molecule has 0 saturated heterocycles. The Kier molecular flexibility index (Phi) is 1.96. The van der Waals surface area contributed by atoms with Gasteiger partial charge in [0.25, 0.3) is 0 Å². The van der Waals surface area contributed by atoms with Gasteiger partial charge in [-0.25, -0.2) is 0 Å². The van der Waals surface area contributed by atoms with Crippen LogP contribution in [-0.2, 0) is 19.8 Å². The number of hydrogen-bond donors (Lipinski definition) is 0. The summed E-state index contributed by atoms with van der Waals surface area (Å²) in [5, 5.41) is 0. The number of hydrogen-bond acceptors (Lipinski definition) is 3. The molecule has 7 heavy (non-hydrogen) atoms. The minimum atomic E-state index is -5.30. The highest BCUT2D eigenvalue weighted by atomic mass is 33.2. The molecular formula is F2O3S2. The lowest BCUT2D eigenvalue weighted by Crippen LogP contribution is -2.02. The Hall–Kier alpha value is 0.120.